The van der Waals surface area contributed by atoms with Crippen molar-refractivity contribution in [3.05, 3.63) is 57.9 Å². The number of hydrogen-bond acceptors (Lipinski definition) is 7. The van der Waals surface area contributed by atoms with Gasteiger partial charge in [0.25, 0.3) is 0 Å². The van der Waals surface area contributed by atoms with E-state index >= 15 is 0 Å². The smallest absolute Gasteiger partial charge is 0.338 e. The molecule has 1 aromatic rings. The number of carbonyl (C=O) groups excluding carboxylic acids is 3. The van der Waals surface area contributed by atoms with Crippen molar-refractivity contribution in [2.45, 2.75) is 25.0 Å². The van der Waals surface area contributed by atoms with Crippen molar-refractivity contribution in [1.82, 2.24) is 4.90 Å². The summed E-state index contributed by atoms with van der Waals surface area (Å²) >= 11 is 1.23. The first-order valence-electron chi connectivity index (χ1n) is 8.47. The van der Waals surface area contributed by atoms with Gasteiger partial charge in [0.15, 0.2) is 0 Å². The molecule has 0 bridgehead atoms. The standard InChI is InChI=1S/C19H20N2O5S/c1-4-26-19(24)13-12(11-8-6-5-7-9-11)14(18(23)25-3)17-21(15(13)20)16(22)10(2)27-17/h5-10,12H,4,20H2,1-3H3. The van der Waals surface area contributed by atoms with Gasteiger partial charge in [0, 0.05) is 0 Å². The van der Waals surface area contributed by atoms with Crippen molar-refractivity contribution in [3.63, 3.8) is 0 Å². The third-order valence-electron chi connectivity index (χ3n) is 4.42. The SMILES string of the molecule is CCOC(=O)C1=C(N)N2C(=O)C(C)SC2=C(C(=O)OC)C1c1ccccc1. The molecule has 2 aliphatic heterocycles. The molecule has 1 amide bonds. The topological polar surface area (TPSA) is 98.9 Å². The highest BCUT2D eigenvalue weighted by Crippen LogP contribution is 2.49. The van der Waals surface area contributed by atoms with Crippen LogP contribution in [0.4, 0.5) is 0 Å². The number of carbonyl (C=O) groups is 3. The van der Waals surface area contributed by atoms with Crippen molar-refractivity contribution in [1.29, 1.82) is 0 Å². The van der Waals surface area contributed by atoms with Crippen LogP contribution in [-0.2, 0) is 23.9 Å². The molecule has 0 spiro atoms. The maximum Gasteiger partial charge on any atom is 0.338 e. The molecule has 1 aromatic carbocycles. The molecule has 142 valence electrons. The fourth-order valence-electron chi connectivity index (χ4n) is 3.23. The van der Waals surface area contributed by atoms with Crippen molar-refractivity contribution < 1.29 is 23.9 Å². The number of ether oxygens (including phenoxy) is 2. The fourth-order valence-corrected chi connectivity index (χ4v) is 4.39. The number of thioether (sulfide) groups is 1. The molecule has 0 aromatic heterocycles. The second kappa shape index (κ2) is 7.48. The van der Waals surface area contributed by atoms with Gasteiger partial charge in [-0.2, -0.15) is 0 Å². The molecule has 2 atom stereocenters. The molecule has 3 rings (SSSR count). The Balaban J connectivity index is 2.30. The van der Waals surface area contributed by atoms with Crippen LogP contribution >= 0.6 is 11.8 Å². The monoisotopic (exact) mass is 388 g/mol. The van der Waals surface area contributed by atoms with Gasteiger partial charge in [-0.15, -0.1) is 0 Å². The van der Waals surface area contributed by atoms with Gasteiger partial charge < -0.3 is 15.2 Å². The van der Waals surface area contributed by atoms with Gasteiger partial charge in [-0.05, 0) is 19.4 Å². The Morgan fingerprint density at radius 3 is 2.44 bits per heavy atom. The second-order valence-corrected chi connectivity index (χ2v) is 7.34. The Morgan fingerprint density at radius 2 is 1.85 bits per heavy atom. The van der Waals surface area contributed by atoms with Gasteiger partial charge in [-0.25, -0.2) is 9.59 Å². The van der Waals surface area contributed by atoms with E-state index in [0.29, 0.717) is 10.6 Å². The second-order valence-electron chi connectivity index (χ2n) is 6.01. The fraction of sp³-hybridized carbons (Fsp3) is 0.316. The van der Waals surface area contributed by atoms with Gasteiger partial charge in [-0.3, -0.25) is 9.69 Å². The van der Waals surface area contributed by atoms with Crippen LogP contribution in [0, 0.1) is 0 Å². The third kappa shape index (κ3) is 3.10. The zero-order chi connectivity index (χ0) is 19.7. The molecule has 27 heavy (non-hydrogen) atoms. The number of nitrogens with zero attached hydrogens (tertiary/aromatic N) is 1. The van der Waals surface area contributed by atoms with E-state index in [9.17, 15) is 14.4 Å². The van der Waals surface area contributed by atoms with Gasteiger partial charge >= 0.3 is 11.9 Å². The van der Waals surface area contributed by atoms with E-state index in [4.69, 9.17) is 15.2 Å². The van der Waals surface area contributed by atoms with Crippen LogP contribution in [0.1, 0.15) is 25.3 Å². The largest absolute Gasteiger partial charge is 0.466 e. The zero-order valence-corrected chi connectivity index (χ0v) is 16.0. The lowest BCUT2D eigenvalue weighted by atomic mass is 9.82. The Morgan fingerprint density at radius 1 is 1.19 bits per heavy atom. The van der Waals surface area contributed by atoms with Crippen LogP contribution in [-0.4, -0.2) is 41.7 Å². The molecule has 0 saturated carbocycles. The molecule has 0 aliphatic carbocycles. The first kappa shape index (κ1) is 19.0. The van der Waals surface area contributed by atoms with E-state index in [1.54, 1.807) is 38.1 Å². The van der Waals surface area contributed by atoms with Crippen LogP contribution in [0.3, 0.4) is 0 Å². The van der Waals surface area contributed by atoms with Crippen molar-refractivity contribution in [2.24, 2.45) is 5.73 Å². The number of fused-ring (bicyclic) bond motifs is 1. The van der Waals surface area contributed by atoms with Crippen LogP contribution in [0.15, 0.2) is 52.3 Å². The minimum Gasteiger partial charge on any atom is -0.466 e. The quantitative estimate of drug-likeness (QED) is 0.786. The molecular weight excluding hydrogens is 368 g/mol. The van der Waals surface area contributed by atoms with E-state index in [-0.39, 0.29) is 29.5 Å². The maximum absolute atomic E-state index is 12.7. The summed E-state index contributed by atoms with van der Waals surface area (Å²) in [7, 11) is 1.26. The van der Waals surface area contributed by atoms with Crippen LogP contribution in [0.2, 0.25) is 0 Å². The van der Waals surface area contributed by atoms with Crippen LogP contribution in [0.5, 0.6) is 0 Å². The molecule has 2 aliphatic rings. The van der Waals surface area contributed by atoms with Crippen LogP contribution in [0.25, 0.3) is 0 Å². The maximum atomic E-state index is 12.7. The molecular formula is C19H20N2O5S. The first-order chi connectivity index (χ1) is 12.9. The van der Waals surface area contributed by atoms with Gasteiger partial charge in [0.1, 0.15) is 5.82 Å². The lowest BCUT2D eigenvalue weighted by Gasteiger charge is -2.33. The summed E-state index contributed by atoms with van der Waals surface area (Å²) in [6.45, 7) is 3.54. The van der Waals surface area contributed by atoms with Gasteiger partial charge in [-0.1, -0.05) is 42.1 Å². The van der Waals surface area contributed by atoms with E-state index in [1.165, 1.54) is 23.8 Å². The molecule has 2 heterocycles. The van der Waals surface area contributed by atoms with E-state index < -0.39 is 23.1 Å². The zero-order valence-electron chi connectivity index (χ0n) is 15.2. The molecule has 8 heteroatoms. The number of amides is 1. The normalized spacial score (nSPS) is 22.0. The lowest BCUT2D eigenvalue weighted by molar-refractivity contribution is -0.139. The van der Waals surface area contributed by atoms with Crippen molar-refractivity contribution in [3.8, 4) is 0 Å². The summed E-state index contributed by atoms with van der Waals surface area (Å²) in [5.74, 6) is -2.36. The summed E-state index contributed by atoms with van der Waals surface area (Å²) in [6, 6.07) is 9.02. The Labute approximate surface area is 161 Å². The Hall–Kier alpha value is -2.74. The number of methoxy groups -OCH3 is 1. The van der Waals surface area contributed by atoms with Crippen molar-refractivity contribution >= 4 is 29.6 Å². The minimum absolute atomic E-state index is 0.00759. The highest BCUT2D eigenvalue weighted by Gasteiger charge is 2.48. The van der Waals surface area contributed by atoms with Crippen LogP contribution < -0.4 is 5.73 Å². The van der Waals surface area contributed by atoms with Crippen molar-refractivity contribution in [2.75, 3.05) is 13.7 Å². The molecule has 2 unspecified atom stereocenters. The third-order valence-corrected chi connectivity index (χ3v) is 5.60. The highest BCUT2D eigenvalue weighted by molar-refractivity contribution is 8.04. The van der Waals surface area contributed by atoms with Gasteiger partial charge in [0.05, 0.1) is 41.1 Å². The Bertz CT molecular complexity index is 862. The summed E-state index contributed by atoms with van der Waals surface area (Å²) in [5.41, 5.74) is 7.22. The lowest BCUT2D eigenvalue weighted by Crippen LogP contribution is -2.40. The predicted octanol–water partition coefficient (Wildman–Crippen LogP) is 1.87. The molecule has 2 N–H and O–H groups in total. The summed E-state index contributed by atoms with van der Waals surface area (Å²) in [6.07, 6.45) is 0. The number of hydrogen-bond donors (Lipinski definition) is 1. The molecule has 1 fully saturated rings. The van der Waals surface area contributed by atoms with E-state index in [0.717, 1.165) is 0 Å². The number of nitrogens with two attached hydrogens (primary N) is 1. The summed E-state index contributed by atoms with van der Waals surface area (Å²) < 4.78 is 10.2. The minimum atomic E-state index is -0.783. The van der Waals surface area contributed by atoms with Gasteiger partial charge in [0.2, 0.25) is 5.91 Å². The number of rotatable bonds is 4. The number of esters is 2. The predicted molar refractivity (Wildman–Crippen MR) is 100.0 cm³/mol. The van der Waals surface area contributed by atoms with E-state index in [2.05, 4.69) is 0 Å². The highest BCUT2D eigenvalue weighted by atomic mass is 32.2. The summed E-state index contributed by atoms with van der Waals surface area (Å²) in [4.78, 5) is 39.3. The summed E-state index contributed by atoms with van der Waals surface area (Å²) in [5, 5.41) is -0.0325. The average molecular weight is 388 g/mol. The first-order valence-corrected chi connectivity index (χ1v) is 9.35. The van der Waals surface area contributed by atoms with E-state index in [1.807, 2.05) is 6.07 Å². The molecule has 0 radical (unpaired) electrons. The molecule has 1 saturated heterocycles. The average Bonchev–Trinajstić information content (AvgIpc) is 2.96. The number of benzene rings is 1. The Kier molecular flexibility index (Phi) is 5.27. The molecule has 7 nitrogen and oxygen atoms in total.